The van der Waals surface area contributed by atoms with E-state index >= 15 is 0 Å². The van der Waals surface area contributed by atoms with Gasteiger partial charge < -0.3 is 15.4 Å². The number of nitrogens with two attached hydrogens (primary N) is 1. The number of rotatable bonds is 9. The van der Waals surface area contributed by atoms with Gasteiger partial charge in [0, 0.05) is 26.7 Å². The fraction of sp³-hybridized carbons (Fsp3) is 1.00. The third-order valence-electron chi connectivity index (χ3n) is 3.68. The average molecular weight is 245 g/mol. The van der Waals surface area contributed by atoms with Crippen LogP contribution in [0.1, 0.15) is 27.2 Å². The summed E-state index contributed by atoms with van der Waals surface area (Å²) in [7, 11) is 5.96. The maximum Gasteiger partial charge on any atom is 0.0736 e. The highest BCUT2D eigenvalue weighted by Gasteiger charge is 2.35. The lowest BCUT2D eigenvalue weighted by Crippen LogP contribution is -2.60. The van der Waals surface area contributed by atoms with E-state index in [1.165, 1.54) is 0 Å². The largest absolute Gasteiger partial charge is 0.380 e. The van der Waals surface area contributed by atoms with Crippen LogP contribution in [0.4, 0.5) is 0 Å². The van der Waals surface area contributed by atoms with Crippen LogP contribution < -0.4 is 5.73 Å². The van der Waals surface area contributed by atoms with Gasteiger partial charge in [0.15, 0.2) is 0 Å². The van der Waals surface area contributed by atoms with E-state index in [-0.39, 0.29) is 11.6 Å². The monoisotopic (exact) mass is 245 g/mol. The van der Waals surface area contributed by atoms with Crippen molar-refractivity contribution in [1.82, 2.24) is 9.80 Å². The molecule has 2 N–H and O–H groups in total. The van der Waals surface area contributed by atoms with Gasteiger partial charge in [-0.15, -0.1) is 0 Å². The highest BCUT2D eigenvalue weighted by Crippen LogP contribution is 2.21. The number of likely N-dealkylation sites (N-methyl/N-ethyl adjacent to an activating group) is 1. The van der Waals surface area contributed by atoms with Crippen LogP contribution in [0.3, 0.4) is 0 Å². The Morgan fingerprint density at radius 2 is 1.82 bits per heavy atom. The molecule has 104 valence electrons. The average Bonchev–Trinajstić information content (AvgIpc) is 2.32. The Morgan fingerprint density at radius 3 is 2.18 bits per heavy atom. The molecule has 4 heteroatoms. The van der Waals surface area contributed by atoms with Gasteiger partial charge >= 0.3 is 0 Å². The summed E-state index contributed by atoms with van der Waals surface area (Å²) in [5.41, 5.74) is 5.90. The van der Waals surface area contributed by atoms with Crippen molar-refractivity contribution in [3.05, 3.63) is 0 Å². The van der Waals surface area contributed by atoms with Crippen molar-refractivity contribution < 1.29 is 4.74 Å². The lowest BCUT2D eigenvalue weighted by molar-refractivity contribution is -0.0331. The van der Waals surface area contributed by atoms with E-state index in [1.54, 1.807) is 7.11 Å². The maximum atomic E-state index is 5.99. The molecule has 0 spiro atoms. The Hall–Kier alpha value is -0.160. The van der Waals surface area contributed by atoms with E-state index in [4.69, 9.17) is 10.5 Å². The van der Waals surface area contributed by atoms with Gasteiger partial charge in [0.05, 0.1) is 11.6 Å². The van der Waals surface area contributed by atoms with Gasteiger partial charge in [0.1, 0.15) is 0 Å². The molecule has 0 aliphatic rings. The second-order valence-electron chi connectivity index (χ2n) is 5.23. The molecule has 0 radical (unpaired) electrons. The van der Waals surface area contributed by atoms with Gasteiger partial charge in [0.2, 0.25) is 0 Å². The van der Waals surface area contributed by atoms with E-state index < -0.39 is 0 Å². The summed E-state index contributed by atoms with van der Waals surface area (Å²) in [6, 6.07) is 0. The number of methoxy groups -OCH3 is 1. The highest BCUT2D eigenvalue weighted by molar-refractivity contribution is 4.93. The molecule has 0 aliphatic heterocycles. The molecule has 0 saturated heterocycles. The molecule has 0 saturated carbocycles. The van der Waals surface area contributed by atoms with Crippen LogP contribution in [0.2, 0.25) is 0 Å². The van der Waals surface area contributed by atoms with Crippen molar-refractivity contribution in [2.24, 2.45) is 5.73 Å². The summed E-state index contributed by atoms with van der Waals surface area (Å²) in [5.74, 6) is 0. The molecule has 4 nitrogen and oxygen atoms in total. The van der Waals surface area contributed by atoms with E-state index in [1.807, 2.05) is 0 Å². The lowest BCUT2D eigenvalue weighted by Gasteiger charge is -2.44. The maximum absolute atomic E-state index is 5.99. The molecule has 0 aromatic rings. The Morgan fingerprint density at radius 1 is 1.24 bits per heavy atom. The van der Waals surface area contributed by atoms with Crippen molar-refractivity contribution in [3.63, 3.8) is 0 Å². The van der Waals surface area contributed by atoms with Crippen molar-refractivity contribution in [2.45, 2.75) is 38.8 Å². The van der Waals surface area contributed by atoms with Crippen LogP contribution in [-0.4, -0.2) is 68.8 Å². The van der Waals surface area contributed by atoms with Gasteiger partial charge in [-0.2, -0.15) is 0 Å². The van der Waals surface area contributed by atoms with Gasteiger partial charge in [-0.1, -0.05) is 6.92 Å². The van der Waals surface area contributed by atoms with E-state index in [2.05, 4.69) is 44.7 Å². The van der Waals surface area contributed by atoms with Crippen molar-refractivity contribution in [2.75, 3.05) is 47.4 Å². The predicted molar refractivity (Wildman–Crippen MR) is 74.3 cm³/mol. The van der Waals surface area contributed by atoms with E-state index in [9.17, 15) is 0 Å². The number of hydrogen-bond donors (Lipinski definition) is 1. The predicted octanol–water partition coefficient (Wildman–Crippen LogP) is 1.01. The van der Waals surface area contributed by atoms with Gasteiger partial charge in [-0.3, -0.25) is 4.90 Å². The van der Waals surface area contributed by atoms with E-state index in [0.29, 0.717) is 6.54 Å². The molecule has 0 bridgehead atoms. The molecular weight excluding hydrogens is 214 g/mol. The molecule has 0 aromatic heterocycles. The third kappa shape index (κ3) is 4.92. The Balaban J connectivity index is 4.71. The quantitative estimate of drug-likeness (QED) is 0.658. The molecule has 2 atom stereocenters. The normalized spacial score (nSPS) is 17.5. The molecule has 0 heterocycles. The first-order valence-electron chi connectivity index (χ1n) is 6.55. The number of hydrogen-bond acceptors (Lipinski definition) is 4. The summed E-state index contributed by atoms with van der Waals surface area (Å²) in [6.07, 6.45) is 1.28. The zero-order valence-electron chi connectivity index (χ0n) is 12.5. The summed E-state index contributed by atoms with van der Waals surface area (Å²) in [6.45, 7) is 10.3. The Bertz CT molecular complexity index is 199. The second-order valence-corrected chi connectivity index (χ2v) is 5.23. The summed E-state index contributed by atoms with van der Waals surface area (Å²) in [4.78, 5) is 4.66. The number of ether oxygens (including phenoxy) is 1. The minimum Gasteiger partial charge on any atom is -0.380 e. The highest BCUT2D eigenvalue weighted by atomic mass is 16.5. The molecule has 0 amide bonds. The standard InChI is InChI=1S/C13H31N3O/c1-7-8-16(10-9-15(4)5)13(3,11-14)12(2)17-6/h12H,7-11,14H2,1-6H3. The first-order valence-corrected chi connectivity index (χ1v) is 6.55. The van der Waals surface area contributed by atoms with E-state index in [0.717, 1.165) is 26.1 Å². The SMILES string of the molecule is CCCN(CCN(C)C)C(C)(CN)C(C)OC. The smallest absolute Gasteiger partial charge is 0.0736 e. The molecule has 2 unspecified atom stereocenters. The lowest BCUT2D eigenvalue weighted by atomic mass is 9.93. The van der Waals surface area contributed by atoms with Gasteiger partial charge in [0.25, 0.3) is 0 Å². The molecule has 17 heavy (non-hydrogen) atoms. The van der Waals surface area contributed by atoms with Crippen molar-refractivity contribution in [1.29, 1.82) is 0 Å². The fourth-order valence-electron chi connectivity index (χ4n) is 2.02. The topological polar surface area (TPSA) is 41.7 Å². The molecule has 0 aliphatic carbocycles. The van der Waals surface area contributed by atoms with Crippen LogP contribution in [0, 0.1) is 0 Å². The van der Waals surface area contributed by atoms with Crippen LogP contribution in [0.25, 0.3) is 0 Å². The number of nitrogens with zero attached hydrogens (tertiary/aromatic N) is 2. The first-order chi connectivity index (χ1) is 7.92. The van der Waals surface area contributed by atoms with Gasteiger partial charge in [-0.05, 0) is 40.9 Å². The Kier molecular flexibility index (Phi) is 7.96. The fourth-order valence-corrected chi connectivity index (χ4v) is 2.02. The zero-order chi connectivity index (χ0) is 13.5. The summed E-state index contributed by atoms with van der Waals surface area (Å²) < 4.78 is 5.51. The van der Waals surface area contributed by atoms with Crippen molar-refractivity contribution >= 4 is 0 Å². The molecule has 0 fully saturated rings. The summed E-state index contributed by atoms with van der Waals surface area (Å²) >= 11 is 0. The first kappa shape index (κ1) is 16.8. The molecular formula is C13H31N3O. The van der Waals surface area contributed by atoms with Crippen molar-refractivity contribution in [3.8, 4) is 0 Å². The zero-order valence-corrected chi connectivity index (χ0v) is 12.5. The minimum atomic E-state index is -0.0826. The van der Waals surface area contributed by atoms with Crippen LogP contribution in [-0.2, 0) is 4.74 Å². The molecule has 0 rings (SSSR count). The van der Waals surface area contributed by atoms with Crippen LogP contribution >= 0.6 is 0 Å². The second kappa shape index (κ2) is 8.03. The van der Waals surface area contributed by atoms with Crippen LogP contribution in [0.15, 0.2) is 0 Å². The summed E-state index contributed by atoms with van der Waals surface area (Å²) in [5, 5.41) is 0. The van der Waals surface area contributed by atoms with Gasteiger partial charge in [-0.25, -0.2) is 0 Å². The van der Waals surface area contributed by atoms with Crippen LogP contribution in [0.5, 0.6) is 0 Å². The third-order valence-corrected chi connectivity index (χ3v) is 3.68. The molecule has 0 aromatic carbocycles. The minimum absolute atomic E-state index is 0.0826. The Labute approximate surface area is 107 Å².